The van der Waals surface area contributed by atoms with E-state index in [0.29, 0.717) is 18.0 Å². The molecule has 0 spiro atoms. The molecule has 9 nitrogen and oxygen atoms in total. The fraction of sp³-hybridized carbons (Fsp3) is 0.806. The van der Waals surface area contributed by atoms with E-state index in [2.05, 4.69) is 36.0 Å². The van der Waals surface area contributed by atoms with Crippen molar-refractivity contribution in [3.8, 4) is 0 Å². The van der Waals surface area contributed by atoms with Gasteiger partial charge in [0, 0.05) is 24.4 Å². The number of aliphatic hydroxyl groups excluding tert-OH is 1. The molecule has 10 heteroatoms. The Bertz CT molecular complexity index is 955. The predicted molar refractivity (Wildman–Crippen MR) is 164 cm³/mol. The maximum absolute atomic E-state index is 14.4. The summed E-state index contributed by atoms with van der Waals surface area (Å²) in [5.41, 5.74) is 0.187. The molecule has 5 atom stereocenters. The Morgan fingerprint density at radius 1 is 1.17 bits per heavy atom. The van der Waals surface area contributed by atoms with E-state index in [1.165, 1.54) is 11.3 Å². The van der Waals surface area contributed by atoms with Gasteiger partial charge in [0.1, 0.15) is 17.2 Å². The Kier molecular flexibility index (Phi) is 15.3. The molecule has 1 aromatic heterocycles. The van der Waals surface area contributed by atoms with Gasteiger partial charge in [-0.2, -0.15) is 0 Å². The molecule has 1 aliphatic rings. The highest BCUT2D eigenvalue weighted by Gasteiger charge is 2.37. The number of unbranched alkanes of at least 4 members (excludes halogenated alkanes) is 3. The highest BCUT2D eigenvalue weighted by molar-refractivity contribution is 7.09. The number of thiazole rings is 1. The number of carbonyl (C=O) groups is 3. The Morgan fingerprint density at radius 3 is 2.51 bits per heavy atom. The van der Waals surface area contributed by atoms with E-state index >= 15 is 0 Å². The highest BCUT2D eigenvalue weighted by Crippen LogP contribution is 2.29. The number of nitrogens with zero attached hydrogens (tertiary/aromatic N) is 3. The van der Waals surface area contributed by atoms with Crippen LogP contribution in [0.5, 0.6) is 0 Å². The van der Waals surface area contributed by atoms with Crippen LogP contribution >= 0.6 is 11.3 Å². The number of likely N-dealkylation sites (tertiary alicyclic amines) is 1. The number of nitrogens with one attached hydrogen (secondary N) is 1. The van der Waals surface area contributed by atoms with Gasteiger partial charge >= 0.3 is 5.97 Å². The van der Waals surface area contributed by atoms with Crippen molar-refractivity contribution in [2.75, 3.05) is 26.7 Å². The summed E-state index contributed by atoms with van der Waals surface area (Å²) in [6.07, 6.45) is 7.05. The number of ether oxygens (including phenoxy) is 1. The highest BCUT2D eigenvalue weighted by atomic mass is 32.1. The van der Waals surface area contributed by atoms with E-state index in [0.717, 1.165) is 57.9 Å². The number of likely N-dealkylation sites (N-methyl/N-ethyl adjacent to an activating group) is 1. The minimum atomic E-state index is -0.936. The summed E-state index contributed by atoms with van der Waals surface area (Å²) in [7, 11) is 1.98. The number of piperidine rings is 1. The summed E-state index contributed by atoms with van der Waals surface area (Å²) in [5.74, 6) is -0.650. The molecular weight excluding hydrogens is 540 g/mol. The van der Waals surface area contributed by atoms with Crippen molar-refractivity contribution in [3.63, 3.8) is 0 Å². The number of aliphatic hydroxyl groups is 1. The van der Waals surface area contributed by atoms with Crippen LogP contribution in [0.3, 0.4) is 0 Å². The second kappa shape index (κ2) is 17.8. The minimum Gasteiger partial charge on any atom is -0.461 e. The molecule has 0 radical (unpaired) electrons. The number of esters is 1. The van der Waals surface area contributed by atoms with E-state index in [4.69, 9.17) is 4.74 Å². The summed E-state index contributed by atoms with van der Waals surface area (Å²) >= 11 is 1.22. The van der Waals surface area contributed by atoms with Crippen LogP contribution < -0.4 is 5.32 Å². The SMILES string of the molecule is CCCCCCN(C(=O)[C@@H](NC(=O)C1CCCCN1C)[C@@H](C)CC)[C@H](C[C@@H](O)c1nc(C(=O)OCC)cs1)C(C)C. The van der Waals surface area contributed by atoms with E-state index in [1.807, 2.05) is 25.8 Å². The molecule has 0 bridgehead atoms. The summed E-state index contributed by atoms with van der Waals surface area (Å²) in [5, 5.41) is 16.4. The smallest absolute Gasteiger partial charge is 0.357 e. The summed E-state index contributed by atoms with van der Waals surface area (Å²) in [6, 6.07) is -1.13. The normalized spacial score (nSPS) is 18.9. The van der Waals surface area contributed by atoms with Gasteiger partial charge in [-0.25, -0.2) is 9.78 Å². The molecule has 1 fully saturated rings. The zero-order chi connectivity index (χ0) is 30.5. The van der Waals surface area contributed by atoms with Crippen molar-refractivity contribution >= 4 is 29.1 Å². The molecule has 2 rings (SSSR count). The first-order valence-electron chi connectivity index (χ1n) is 15.7. The van der Waals surface area contributed by atoms with E-state index in [1.54, 1.807) is 12.3 Å². The molecule has 1 saturated heterocycles. The third-order valence-corrected chi connectivity index (χ3v) is 9.26. The molecule has 1 aromatic rings. The maximum Gasteiger partial charge on any atom is 0.357 e. The van der Waals surface area contributed by atoms with Gasteiger partial charge in [-0.3, -0.25) is 14.5 Å². The molecule has 2 N–H and O–H groups in total. The van der Waals surface area contributed by atoms with Gasteiger partial charge in [-0.05, 0) is 51.6 Å². The van der Waals surface area contributed by atoms with Gasteiger partial charge in [-0.15, -0.1) is 11.3 Å². The molecule has 0 aliphatic carbocycles. The fourth-order valence-corrected chi connectivity index (χ4v) is 6.28. The van der Waals surface area contributed by atoms with Crippen molar-refractivity contribution in [2.24, 2.45) is 11.8 Å². The van der Waals surface area contributed by atoms with Crippen LogP contribution in [0.4, 0.5) is 0 Å². The quantitative estimate of drug-likeness (QED) is 0.189. The van der Waals surface area contributed by atoms with Crippen molar-refractivity contribution in [3.05, 3.63) is 16.1 Å². The number of rotatable bonds is 17. The number of hydrogen-bond acceptors (Lipinski definition) is 8. The number of carbonyl (C=O) groups excluding carboxylic acids is 3. The molecule has 41 heavy (non-hydrogen) atoms. The largest absolute Gasteiger partial charge is 0.461 e. The zero-order valence-corrected chi connectivity index (χ0v) is 27.2. The van der Waals surface area contributed by atoms with Crippen LogP contribution in [0.25, 0.3) is 0 Å². The molecule has 1 unspecified atom stereocenters. The lowest BCUT2D eigenvalue weighted by molar-refractivity contribution is -0.142. The van der Waals surface area contributed by atoms with Crippen LogP contribution in [0.2, 0.25) is 0 Å². The van der Waals surface area contributed by atoms with E-state index in [9.17, 15) is 19.5 Å². The van der Waals surface area contributed by atoms with Crippen LogP contribution in [0.15, 0.2) is 5.38 Å². The van der Waals surface area contributed by atoms with E-state index < -0.39 is 18.1 Å². The molecule has 0 saturated carbocycles. The topological polar surface area (TPSA) is 112 Å². The van der Waals surface area contributed by atoms with Crippen LogP contribution in [0, 0.1) is 11.8 Å². The van der Waals surface area contributed by atoms with E-state index in [-0.39, 0.29) is 48.0 Å². The Balaban J connectivity index is 2.32. The third kappa shape index (κ3) is 10.3. The first-order valence-corrected chi connectivity index (χ1v) is 16.5. The molecule has 234 valence electrons. The van der Waals surface area contributed by atoms with Crippen LogP contribution in [0.1, 0.15) is 121 Å². The third-order valence-electron chi connectivity index (χ3n) is 8.31. The fourth-order valence-electron chi connectivity index (χ4n) is 5.49. The van der Waals surface area contributed by atoms with Gasteiger partial charge in [0.05, 0.1) is 12.6 Å². The molecule has 1 aliphatic heterocycles. The number of amides is 2. The average Bonchev–Trinajstić information content (AvgIpc) is 3.45. The lowest BCUT2D eigenvalue weighted by Gasteiger charge is -2.40. The average molecular weight is 595 g/mol. The molecular formula is C31H54N4O5S. The lowest BCUT2D eigenvalue weighted by Crippen LogP contribution is -2.58. The summed E-state index contributed by atoms with van der Waals surface area (Å²) < 4.78 is 5.05. The second-order valence-electron chi connectivity index (χ2n) is 11.8. The van der Waals surface area contributed by atoms with Crippen LogP contribution in [-0.4, -0.2) is 82.5 Å². The van der Waals surface area contributed by atoms with Crippen molar-refractivity contribution in [2.45, 2.75) is 124 Å². The Hall–Kier alpha value is -2.04. The van der Waals surface area contributed by atoms with Crippen molar-refractivity contribution in [1.82, 2.24) is 20.1 Å². The van der Waals surface area contributed by atoms with Gasteiger partial charge in [0.2, 0.25) is 11.8 Å². The minimum absolute atomic E-state index is 0.0395. The zero-order valence-electron chi connectivity index (χ0n) is 26.4. The lowest BCUT2D eigenvalue weighted by atomic mass is 9.91. The van der Waals surface area contributed by atoms with Crippen molar-refractivity contribution < 1.29 is 24.2 Å². The first kappa shape index (κ1) is 35.2. The predicted octanol–water partition coefficient (Wildman–Crippen LogP) is 5.19. The summed E-state index contributed by atoms with van der Waals surface area (Å²) in [4.78, 5) is 48.3. The monoisotopic (exact) mass is 594 g/mol. The van der Waals surface area contributed by atoms with Crippen LogP contribution in [-0.2, 0) is 14.3 Å². The van der Waals surface area contributed by atoms with Crippen molar-refractivity contribution in [1.29, 1.82) is 0 Å². The molecule has 2 amide bonds. The number of hydrogen-bond donors (Lipinski definition) is 2. The first-order chi connectivity index (χ1) is 19.5. The van der Waals surface area contributed by atoms with Gasteiger partial charge in [0.15, 0.2) is 5.69 Å². The van der Waals surface area contributed by atoms with Gasteiger partial charge in [-0.1, -0.05) is 66.7 Å². The molecule has 2 heterocycles. The summed E-state index contributed by atoms with van der Waals surface area (Å²) in [6.45, 7) is 13.8. The second-order valence-corrected chi connectivity index (χ2v) is 12.7. The molecule has 0 aromatic carbocycles. The standard InChI is InChI=1S/C31H54N4O5S/c1-8-11-12-14-18-35(25(21(4)5)19-26(36)29-32-23(20-41-29)31(39)40-10-3)30(38)27(22(6)9-2)33-28(37)24-16-13-15-17-34(24)7/h20-22,24-27,36H,8-19H2,1-7H3,(H,33,37)/t22-,24?,25+,26+,27-/m0/s1. The number of aromatic nitrogens is 1. The van der Waals surface area contributed by atoms with Gasteiger partial charge in [0.25, 0.3) is 0 Å². The van der Waals surface area contributed by atoms with Gasteiger partial charge < -0.3 is 20.1 Å². The Morgan fingerprint density at radius 2 is 1.90 bits per heavy atom. The maximum atomic E-state index is 14.4. The Labute approximate surface area is 251 Å².